The minimum absolute atomic E-state index is 0.0355. The number of likely N-dealkylation sites (tertiary alicyclic amines) is 2. The molecule has 2 aromatic rings. The van der Waals surface area contributed by atoms with Gasteiger partial charge >= 0.3 is 0 Å². The molecule has 0 radical (unpaired) electrons. The van der Waals surface area contributed by atoms with Crippen LogP contribution in [-0.2, 0) is 17.6 Å². The van der Waals surface area contributed by atoms with E-state index in [1.165, 1.54) is 31.5 Å². The van der Waals surface area contributed by atoms with Crippen LogP contribution in [0, 0.1) is 0 Å². The molecule has 1 unspecified atom stereocenters. The number of hydrogen-bond donors (Lipinski definition) is 1. The molecule has 0 spiro atoms. The molecule has 2 aliphatic rings. The Morgan fingerprint density at radius 1 is 0.970 bits per heavy atom. The van der Waals surface area contributed by atoms with Gasteiger partial charge in [0.25, 0.3) is 5.91 Å². The van der Waals surface area contributed by atoms with Gasteiger partial charge in [0.1, 0.15) is 0 Å². The predicted molar refractivity (Wildman–Crippen MR) is 130 cm³/mol. The van der Waals surface area contributed by atoms with E-state index in [0.29, 0.717) is 13.0 Å². The van der Waals surface area contributed by atoms with E-state index in [-0.39, 0.29) is 17.9 Å². The summed E-state index contributed by atoms with van der Waals surface area (Å²) in [5, 5.41) is 3.14. The van der Waals surface area contributed by atoms with Crippen LogP contribution in [0.15, 0.2) is 48.8 Å². The number of aryl methyl sites for hydroxylation is 1. The highest BCUT2D eigenvalue weighted by Gasteiger charge is 2.25. The van der Waals surface area contributed by atoms with Crippen molar-refractivity contribution < 1.29 is 9.59 Å². The van der Waals surface area contributed by atoms with Crippen molar-refractivity contribution in [1.82, 2.24) is 20.1 Å². The van der Waals surface area contributed by atoms with Crippen LogP contribution in [0.5, 0.6) is 0 Å². The number of hydrogen-bond acceptors (Lipinski definition) is 4. The maximum atomic E-state index is 13.0. The van der Waals surface area contributed by atoms with Crippen molar-refractivity contribution >= 4 is 11.8 Å². The van der Waals surface area contributed by atoms with Crippen LogP contribution in [-0.4, -0.2) is 65.4 Å². The number of carbonyl (C=O) groups is 2. The Labute approximate surface area is 197 Å². The lowest BCUT2D eigenvalue weighted by Gasteiger charge is -2.33. The van der Waals surface area contributed by atoms with Crippen molar-refractivity contribution in [3.8, 4) is 0 Å². The monoisotopic (exact) mass is 448 g/mol. The summed E-state index contributed by atoms with van der Waals surface area (Å²) in [6.07, 6.45) is 11.3. The third kappa shape index (κ3) is 7.13. The van der Waals surface area contributed by atoms with Crippen LogP contribution in [0.25, 0.3) is 0 Å². The number of piperidine rings is 1. The molecule has 1 aromatic heterocycles. The lowest BCUT2D eigenvalue weighted by Crippen LogP contribution is -2.49. The summed E-state index contributed by atoms with van der Waals surface area (Å²) in [4.78, 5) is 34.0. The number of benzene rings is 1. The molecule has 0 saturated carbocycles. The molecular weight excluding hydrogens is 412 g/mol. The van der Waals surface area contributed by atoms with Crippen LogP contribution in [0.1, 0.15) is 60.0 Å². The second-order valence-electron chi connectivity index (χ2n) is 9.37. The highest BCUT2D eigenvalue weighted by Crippen LogP contribution is 2.16. The summed E-state index contributed by atoms with van der Waals surface area (Å²) in [6.45, 7) is 4.87. The number of carbonyl (C=O) groups excluding carboxylic acids is 2. The lowest BCUT2D eigenvalue weighted by molar-refractivity contribution is -0.122. The highest BCUT2D eigenvalue weighted by atomic mass is 16.2. The molecule has 0 aliphatic carbocycles. The van der Waals surface area contributed by atoms with E-state index in [4.69, 9.17) is 0 Å². The van der Waals surface area contributed by atoms with Gasteiger partial charge in [-0.2, -0.15) is 0 Å². The van der Waals surface area contributed by atoms with Crippen molar-refractivity contribution in [2.45, 2.75) is 57.4 Å². The molecule has 1 aromatic carbocycles. The van der Waals surface area contributed by atoms with Crippen LogP contribution in [0.3, 0.4) is 0 Å². The smallest absolute Gasteiger partial charge is 0.253 e. The molecule has 1 atom stereocenters. The number of rotatable bonds is 9. The van der Waals surface area contributed by atoms with Gasteiger partial charge in [0.05, 0.1) is 0 Å². The van der Waals surface area contributed by atoms with E-state index in [0.717, 1.165) is 56.3 Å². The highest BCUT2D eigenvalue weighted by molar-refractivity contribution is 5.94. The maximum Gasteiger partial charge on any atom is 0.253 e. The molecule has 2 aliphatic heterocycles. The van der Waals surface area contributed by atoms with Crippen LogP contribution in [0.4, 0.5) is 0 Å². The quantitative estimate of drug-likeness (QED) is 0.638. The Morgan fingerprint density at radius 2 is 1.79 bits per heavy atom. The Bertz CT molecular complexity index is 894. The van der Waals surface area contributed by atoms with Gasteiger partial charge in [0, 0.05) is 50.1 Å². The standard InChI is InChI=1S/C27H36N4O2/c32-26(9-3-6-23-7-4-15-28-20-23)29-25-8-5-18-31(21-25)27(33)24-12-10-22(11-13-24)14-19-30-16-1-2-17-30/h4,7,10-13,15,20,25H,1-3,5-6,8-9,14,16-19,21H2,(H,29,32). The molecule has 2 amide bonds. The van der Waals surface area contributed by atoms with Gasteiger partial charge in [-0.15, -0.1) is 0 Å². The Kier molecular flexibility index (Phi) is 8.47. The molecule has 2 saturated heterocycles. The second kappa shape index (κ2) is 11.9. The van der Waals surface area contributed by atoms with Crippen LogP contribution < -0.4 is 5.32 Å². The normalized spacial score (nSPS) is 18.9. The van der Waals surface area contributed by atoms with Gasteiger partial charge in [-0.1, -0.05) is 18.2 Å². The Balaban J connectivity index is 1.21. The van der Waals surface area contributed by atoms with Gasteiger partial charge < -0.3 is 15.1 Å². The topological polar surface area (TPSA) is 65.5 Å². The zero-order valence-electron chi connectivity index (χ0n) is 19.5. The third-order valence-corrected chi connectivity index (χ3v) is 6.78. The second-order valence-corrected chi connectivity index (χ2v) is 9.37. The number of nitrogens with one attached hydrogen (secondary N) is 1. The molecule has 176 valence electrons. The largest absolute Gasteiger partial charge is 0.352 e. The SMILES string of the molecule is O=C(CCCc1cccnc1)NC1CCCN(C(=O)c2ccc(CCN3CCCC3)cc2)C1. The number of nitrogens with zero attached hydrogens (tertiary/aromatic N) is 3. The van der Waals surface area contributed by atoms with Gasteiger partial charge in [-0.3, -0.25) is 14.6 Å². The van der Waals surface area contributed by atoms with Gasteiger partial charge in [0.2, 0.25) is 5.91 Å². The van der Waals surface area contributed by atoms with Crippen molar-refractivity contribution in [2.24, 2.45) is 0 Å². The van der Waals surface area contributed by atoms with Gasteiger partial charge in [-0.05, 0) is 87.4 Å². The molecular formula is C27H36N4O2. The van der Waals surface area contributed by atoms with Crippen molar-refractivity contribution in [3.05, 3.63) is 65.5 Å². The number of pyridine rings is 1. The van der Waals surface area contributed by atoms with Crippen LogP contribution >= 0.6 is 0 Å². The average Bonchev–Trinajstić information content (AvgIpc) is 3.37. The first-order chi connectivity index (χ1) is 16.2. The summed E-state index contributed by atoms with van der Waals surface area (Å²) in [5.41, 5.74) is 3.18. The molecule has 2 fully saturated rings. The summed E-state index contributed by atoms with van der Waals surface area (Å²) >= 11 is 0. The first-order valence-corrected chi connectivity index (χ1v) is 12.5. The summed E-state index contributed by atoms with van der Waals surface area (Å²) in [6, 6.07) is 12.1. The van der Waals surface area contributed by atoms with E-state index in [2.05, 4.69) is 27.3 Å². The fourth-order valence-electron chi connectivity index (χ4n) is 4.87. The summed E-state index contributed by atoms with van der Waals surface area (Å²) in [5.74, 6) is 0.136. The summed E-state index contributed by atoms with van der Waals surface area (Å²) < 4.78 is 0. The lowest BCUT2D eigenvalue weighted by atomic mass is 10.0. The predicted octanol–water partition coefficient (Wildman–Crippen LogP) is 3.46. The molecule has 6 heteroatoms. The number of aromatic nitrogens is 1. The minimum Gasteiger partial charge on any atom is -0.352 e. The van der Waals surface area contributed by atoms with E-state index in [9.17, 15) is 9.59 Å². The first kappa shape index (κ1) is 23.4. The van der Waals surface area contributed by atoms with E-state index < -0.39 is 0 Å². The Morgan fingerprint density at radius 3 is 2.55 bits per heavy atom. The third-order valence-electron chi connectivity index (χ3n) is 6.78. The maximum absolute atomic E-state index is 13.0. The molecule has 33 heavy (non-hydrogen) atoms. The minimum atomic E-state index is 0.0355. The Hall–Kier alpha value is -2.73. The van der Waals surface area contributed by atoms with Crippen molar-refractivity contribution in [2.75, 3.05) is 32.7 Å². The molecule has 3 heterocycles. The fraction of sp³-hybridized carbons (Fsp3) is 0.519. The zero-order chi connectivity index (χ0) is 22.9. The molecule has 0 bridgehead atoms. The van der Waals surface area contributed by atoms with E-state index >= 15 is 0 Å². The first-order valence-electron chi connectivity index (χ1n) is 12.5. The van der Waals surface area contributed by atoms with Gasteiger partial charge in [0.15, 0.2) is 0 Å². The summed E-state index contributed by atoms with van der Waals surface area (Å²) in [7, 11) is 0. The molecule has 1 N–H and O–H groups in total. The van der Waals surface area contributed by atoms with Crippen LogP contribution in [0.2, 0.25) is 0 Å². The molecule has 4 rings (SSSR count). The molecule has 6 nitrogen and oxygen atoms in total. The fourth-order valence-corrected chi connectivity index (χ4v) is 4.87. The average molecular weight is 449 g/mol. The van der Waals surface area contributed by atoms with Crippen molar-refractivity contribution in [3.63, 3.8) is 0 Å². The van der Waals surface area contributed by atoms with E-state index in [1.54, 1.807) is 6.20 Å². The van der Waals surface area contributed by atoms with Gasteiger partial charge in [-0.25, -0.2) is 0 Å². The van der Waals surface area contributed by atoms with E-state index in [1.807, 2.05) is 35.4 Å². The zero-order valence-corrected chi connectivity index (χ0v) is 19.5. The van der Waals surface area contributed by atoms with Crippen molar-refractivity contribution in [1.29, 1.82) is 0 Å². The number of amides is 2.